The molecule has 45 heavy (non-hydrogen) atoms. The lowest BCUT2D eigenvalue weighted by Gasteiger charge is -2.19. The summed E-state index contributed by atoms with van der Waals surface area (Å²) in [4.78, 5) is 35.0. The van der Waals surface area contributed by atoms with Crippen LogP contribution in [-0.4, -0.2) is 47.7 Å². The van der Waals surface area contributed by atoms with Crippen molar-refractivity contribution < 1.29 is 27.5 Å². The van der Waals surface area contributed by atoms with Crippen molar-refractivity contribution in [3.8, 4) is 17.0 Å². The molecule has 0 saturated carbocycles. The van der Waals surface area contributed by atoms with E-state index in [-0.39, 0.29) is 28.8 Å². The summed E-state index contributed by atoms with van der Waals surface area (Å²) in [6.07, 6.45) is 2.38. The van der Waals surface area contributed by atoms with Crippen molar-refractivity contribution in [2.45, 2.75) is 37.8 Å². The number of pyridine rings is 2. The average Bonchev–Trinajstić information content (AvgIpc) is 3.29. The molecular weight excluding hydrogens is 618 g/mol. The fourth-order valence-corrected chi connectivity index (χ4v) is 5.95. The minimum atomic E-state index is -4.25. The number of benzene rings is 2. The Kier molecular flexibility index (Phi) is 8.80. The van der Waals surface area contributed by atoms with Crippen LogP contribution in [0.25, 0.3) is 22.0 Å². The fraction of sp³-hybridized carbons (Fsp3) is 0.188. The number of ether oxygens (including phenoxy) is 2. The number of sulfonamides is 1. The van der Waals surface area contributed by atoms with Gasteiger partial charge in [0.05, 0.1) is 12.0 Å². The van der Waals surface area contributed by atoms with Gasteiger partial charge in [-0.1, -0.05) is 29.8 Å². The number of anilines is 1. The van der Waals surface area contributed by atoms with E-state index in [9.17, 15) is 18.0 Å². The van der Waals surface area contributed by atoms with E-state index in [1.165, 1.54) is 25.4 Å². The normalized spacial score (nSPS) is 11.7. The molecule has 5 aromatic rings. The van der Waals surface area contributed by atoms with Gasteiger partial charge in [-0.25, -0.2) is 27.9 Å². The second-order valence-corrected chi connectivity index (χ2v) is 13.1. The van der Waals surface area contributed by atoms with Gasteiger partial charge in [0, 0.05) is 46.0 Å². The zero-order chi connectivity index (χ0) is 32.4. The molecule has 0 spiro atoms. The summed E-state index contributed by atoms with van der Waals surface area (Å²) in [6, 6.07) is 19.5. The molecular formula is C32H30ClN5O6S. The largest absolute Gasteiger partial charge is 0.481 e. The van der Waals surface area contributed by atoms with E-state index in [0.717, 1.165) is 0 Å². The van der Waals surface area contributed by atoms with Crippen LogP contribution in [0.1, 0.15) is 36.8 Å². The van der Waals surface area contributed by atoms with E-state index in [2.05, 4.69) is 20.0 Å². The molecule has 0 radical (unpaired) electrons. The van der Waals surface area contributed by atoms with Gasteiger partial charge in [-0.05, 0) is 80.9 Å². The standard InChI is InChI=1S/C32H30ClN5O6S/c1-32(2,3)44-31(40)36-26-17-20(14-16-34-26)19-38-25-13-12-21(33)18-24(25)27(23-11-8-15-35-30(23)43-4)28(38)29(39)37-45(41,42)22-9-6-5-7-10-22/h5-18H,19H2,1-4H3,(H,37,39)(H,34,36,40). The second-order valence-electron chi connectivity index (χ2n) is 11.0. The fourth-order valence-electron chi connectivity index (χ4n) is 4.80. The maximum Gasteiger partial charge on any atom is 0.413 e. The summed E-state index contributed by atoms with van der Waals surface area (Å²) in [5.74, 6) is -0.425. The Hall–Kier alpha value is -4.94. The van der Waals surface area contributed by atoms with Gasteiger partial charge in [-0.2, -0.15) is 0 Å². The van der Waals surface area contributed by atoms with Crippen molar-refractivity contribution in [2.75, 3.05) is 12.4 Å². The first kappa shape index (κ1) is 31.5. The van der Waals surface area contributed by atoms with Gasteiger partial charge in [0.15, 0.2) is 0 Å². The van der Waals surface area contributed by atoms with Crippen LogP contribution in [0.3, 0.4) is 0 Å². The van der Waals surface area contributed by atoms with E-state index >= 15 is 0 Å². The summed E-state index contributed by atoms with van der Waals surface area (Å²) in [6.45, 7) is 5.33. The molecule has 0 aliphatic heterocycles. The first-order chi connectivity index (χ1) is 21.4. The molecule has 11 nitrogen and oxygen atoms in total. The lowest BCUT2D eigenvalue weighted by atomic mass is 10.0. The van der Waals surface area contributed by atoms with E-state index in [1.807, 2.05) is 0 Å². The molecule has 2 amide bonds. The summed E-state index contributed by atoms with van der Waals surface area (Å²) in [7, 11) is -2.80. The van der Waals surface area contributed by atoms with Crippen LogP contribution in [-0.2, 0) is 21.3 Å². The summed E-state index contributed by atoms with van der Waals surface area (Å²) >= 11 is 6.44. The number of carbonyl (C=O) groups is 2. The Balaban J connectivity index is 1.68. The number of hydrogen-bond acceptors (Lipinski definition) is 8. The number of fused-ring (bicyclic) bond motifs is 1. The quantitative estimate of drug-likeness (QED) is 0.201. The molecule has 0 atom stereocenters. The molecule has 232 valence electrons. The van der Waals surface area contributed by atoms with Crippen molar-refractivity contribution in [3.05, 3.63) is 101 Å². The summed E-state index contributed by atoms with van der Waals surface area (Å²) in [5.41, 5.74) is 1.37. The van der Waals surface area contributed by atoms with Crippen LogP contribution in [0.4, 0.5) is 10.6 Å². The van der Waals surface area contributed by atoms with Crippen LogP contribution >= 0.6 is 11.6 Å². The van der Waals surface area contributed by atoms with Gasteiger partial charge in [0.25, 0.3) is 15.9 Å². The van der Waals surface area contributed by atoms with Gasteiger partial charge in [0.1, 0.15) is 17.1 Å². The lowest BCUT2D eigenvalue weighted by molar-refractivity contribution is 0.0635. The number of hydrogen-bond donors (Lipinski definition) is 2. The topological polar surface area (TPSA) is 142 Å². The number of rotatable bonds is 8. The van der Waals surface area contributed by atoms with Gasteiger partial charge < -0.3 is 14.0 Å². The molecule has 0 unspecified atom stereocenters. The van der Waals surface area contributed by atoms with Crippen molar-refractivity contribution in [1.29, 1.82) is 0 Å². The van der Waals surface area contributed by atoms with Gasteiger partial charge >= 0.3 is 6.09 Å². The van der Waals surface area contributed by atoms with E-state index in [4.69, 9.17) is 21.1 Å². The monoisotopic (exact) mass is 647 g/mol. The summed E-state index contributed by atoms with van der Waals surface area (Å²) < 4.78 is 41.4. The van der Waals surface area contributed by atoms with Gasteiger partial charge in [-0.15, -0.1) is 0 Å². The Morgan fingerprint density at radius 1 is 0.956 bits per heavy atom. The molecule has 0 aliphatic carbocycles. The van der Waals surface area contributed by atoms with E-state index in [0.29, 0.717) is 32.6 Å². The number of halogens is 1. The highest BCUT2D eigenvalue weighted by molar-refractivity contribution is 7.90. The Morgan fingerprint density at radius 3 is 2.42 bits per heavy atom. The maximum atomic E-state index is 14.1. The van der Waals surface area contributed by atoms with E-state index in [1.54, 1.807) is 92.2 Å². The molecule has 2 aromatic carbocycles. The molecule has 2 N–H and O–H groups in total. The minimum absolute atomic E-state index is 0.0246. The predicted octanol–water partition coefficient (Wildman–Crippen LogP) is 6.27. The second kappa shape index (κ2) is 12.6. The lowest BCUT2D eigenvalue weighted by Crippen LogP contribution is -2.32. The third-order valence-corrected chi connectivity index (χ3v) is 8.13. The van der Waals surface area contributed by atoms with Crippen LogP contribution in [0.2, 0.25) is 5.02 Å². The average molecular weight is 648 g/mol. The van der Waals surface area contributed by atoms with Gasteiger partial charge in [-0.3, -0.25) is 10.1 Å². The molecule has 5 rings (SSSR count). The van der Waals surface area contributed by atoms with Crippen molar-refractivity contribution in [2.24, 2.45) is 0 Å². The first-order valence-corrected chi connectivity index (χ1v) is 15.6. The number of aromatic nitrogens is 3. The molecule has 13 heteroatoms. The van der Waals surface area contributed by atoms with Crippen LogP contribution in [0.15, 0.2) is 90.1 Å². The van der Waals surface area contributed by atoms with E-state index < -0.39 is 27.6 Å². The third kappa shape index (κ3) is 7.08. The Bertz CT molecular complexity index is 2010. The number of amides is 2. The zero-order valence-corrected chi connectivity index (χ0v) is 26.4. The van der Waals surface area contributed by atoms with Crippen LogP contribution in [0.5, 0.6) is 5.88 Å². The number of nitrogens with one attached hydrogen (secondary N) is 2. The summed E-state index contributed by atoms with van der Waals surface area (Å²) in [5, 5.41) is 3.59. The zero-order valence-electron chi connectivity index (χ0n) is 24.9. The molecule has 0 saturated heterocycles. The van der Waals surface area contributed by atoms with Gasteiger partial charge in [0.2, 0.25) is 5.88 Å². The maximum absolute atomic E-state index is 14.1. The third-order valence-electron chi connectivity index (χ3n) is 6.55. The first-order valence-electron chi connectivity index (χ1n) is 13.7. The smallest absolute Gasteiger partial charge is 0.413 e. The number of nitrogens with zero attached hydrogens (tertiary/aromatic N) is 3. The highest BCUT2D eigenvalue weighted by Crippen LogP contribution is 2.40. The number of methoxy groups -OCH3 is 1. The molecule has 0 fully saturated rings. The van der Waals surface area contributed by atoms with Crippen LogP contribution < -0.4 is 14.8 Å². The molecule has 3 heterocycles. The van der Waals surface area contributed by atoms with Crippen molar-refractivity contribution >= 4 is 50.3 Å². The molecule has 0 bridgehead atoms. The van der Waals surface area contributed by atoms with Crippen molar-refractivity contribution in [1.82, 2.24) is 19.3 Å². The highest BCUT2D eigenvalue weighted by Gasteiger charge is 2.29. The predicted molar refractivity (Wildman–Crippen MR) is 171 cm³/mol. The number of carbonyl (C=O) groups excluding carboxylic acids is 2. The molecule has 0 aliphatic rings. The Labute approximate surface area is 265 Å². The minimum Gasteiger partial charge on any atom is -0.481 e. The van der Waals surface area contributed by atoms with Crippen LogP contribution in [0, 0.1) is 0 Å². The van der Waals surface area contributed by atoms with Crippen molar-refractivity contribution in [3.63, 3.8) is 0 Å². The SMILES string of the molecule is COc1ncccc1-c1c(C(=O)NS(=O)(=O)c2ccccc2)n(Cc2ccnc(NC(=O)OC(C)(C)C)c2)c2ccc(Cl)cc12. The molecule has 3 aromatic heterocycles. The highest BCUT2D eigenvalue weighted by atomic mass is 35.5. The Morgan fingerprint density at radius 2 is 1.71 bits per heavy atom.